The average molecular weight is 366 g/mol. The zero-order valence-corrected chi connectivity index (χ0v) is 15.6. The van der Waals surface area contributed by atoms with Crippen LogP contribution in [0.5, 0.6) is 0 Å². The van der Waals surface area contributed by atoms with Crippen molar-refractivity contribution in [2.24, 2.45) is 16.6 Å². The maximum Gasteiger partial charge on any atom is 0.225 e. The number of aliphatic imine (C=N–C) groups is 1. The first-order valence-electron chi connectivity index (χ1n) is 9.25. The fourth-order valence-corrected chi connectivity index (χ4v) is 3.27. The summed E-state index contributed by atoms with van der Waals surface area (Å²) in [7, 11) is 1.83. The molecule has 2 aromatic rings. The van der Waals surface area contributed by atoms with E-state index in [4.69, 9.17) is 5.73 Å². The lowest BCUT2D eigenvalue weighted by atomic mass is 10.0. The highest BCUT2D eigenvalue weighted by atomic mass is 16.1. The predicted octanol–water partition coefficient (Wildman–Crippen LogP) is 3.19. The molecule has 1 fully saturated rings. The van der Waals surface area contributed by atoms with Crippen LogP contribution in [0.3, 0.4) is 0 Å². The molecule has 0 unspecified atom stereocenters. The number of nitrogens with zero attached hydrogens (tertiary/aromatic N) is 3. The first-order valence-corrected chi connectivity index (χ1v) is 9.25. The van der Waals surface area contributed by atoms with Crippen molar-refractivity contribution in [3.05, 3.63) is 48.7 Å². The summed E-state index contributed by atoms with van der Waals surface area (Å²) in [6.07, 6.45) is 6.98. The Morgan fingerprint density at radius 2 is 2.00 bits per heavy atom. The van der Waals surface area contributed by atoms with Gasteiger partial charge in [-0.15, -0.1) is 0 Å². The van der Waals surface area contributed by atoms with Gasteiger partial charge < -0.3 is 11.1 Å². The zero-order valence-electron chi connectivity index (χ0n) is 15.6. The molecule has 0 spiro atoms. The van der Waals surface area contributed by atoms with Crippen molar-refractivity contribution in [3.8, 4) is 0 Å². The minimum Gasteiger partial charge on any atom is -0.368 e. The largest absolute Gasteiger partial charge is 0.368 e. The Bertz CT molecular complexity index is 786. The number of benzene rings is 1. The standard InChI is InChI=1S/C20H26N6O/c1-26(25-20(21)23-16-9-3-2-4-10-16)17-11-12-22-18(14-17)24-19(27)13-15-7-5-6-8-15/h2-4,9-12,14-15H,5-8,13H2,1H3,(H3,21,23,25)(H,22,24,27). The molecule has 1 aromatic heterocycles. The first-order chi connectivity index (χ1) is 13.1. The SMILES string of the molecule is CN(NC(N)=Nc1ccccc1)c1ccnc(NC(=O)CC2CCCC2)c1. The van der Waals surface area contributed by atoms with E-state index in [1.807, 2.05) is 43.4 Å². The predicted molar refractivity (Wildman–Crippen MR) is 109 cm³/mol. The van der Waals surface area contributed by atoms with E-state index in [2.05, 4.69) is 20.7 Å². The number of guanidine groups is 1. The van der Waals surface area contributed by atoms with E-state index >= 15 is 0 Å². The molecule has 0 radical (unpaired) electrons. The third-order valence-electron chi connectivity index (χ3n) is 4.64. The molecule has 0 saturated heterocycles. The van der Waals surface area contributed by atoms with E-state index in [1.54, 1.807) is 17.3 Å². The number of anilines is 2. The number of pyridine rings is 1. The second-order valence-electron chi connectivity index (χ2n) is 6.81. The van der Waals surface area contributed by atoms with Crippen LogP contribution in [-0.2, 0) is 4.79 Å². The second kappa shape index (κ2) is 9.02. The van der Waals surface area contributed by atoms with E-state index in [0.29, 0.717) is 18.2 Å². The number of hydrazine groups is 1. The maximum absolute atomic E-state index is 12.2. The van der Waals surface area contributed by atoms with Gasteiger partial charge in [0.15, 0.2) is 0 Å². The van der Waals surface area contributed by atoms with Crippen LogP contribution in [-0.4, -0.2) is 23.9 Å². The van der Waals surface area contributed by atoms with Crippen molar-refractivity contribution in [3.63, 3.8) is 0 Å². The number of nitrogens with two attached hydrogens (primary N) is 1. The van der Waals surface area contributed by atoms with Crippen LogP contribution in [0.15, 0.2) is 53.7 Å². The van der Waals surface area contributed by atoms with Gasteiger partial charge in [-0.3, -0.25) is 15.2 Å². The summed E-state index contributed by atoms with van der Waals surface area (Å²) in [4.78, 5) is 20.8. The van der Waals surface area contributed by atoms with Crippen LogP contribution in [0.1, 0.15) is 32.1 Å². The Hall–Kier alpha value is -3.09. The monoisotopic (exact) mass is 366 g/mol. The minimum absolute atomic E-state index is 0.0207. The lowest BCUT2D eigenvalue weighted by Crippen LogP contribution is -2.43. The van der Waals surface area contributed by atoms with Crippen LogP contribution >= 0.6 is 0 Å². The maximum atomic E-state index is 12.2. The molecule has 0 atom stereocenters. The molecule has 7 nitrogen and oxygen atoms in total. The third kappa shape index (κ3) is 5.70. The summed E-state index contributed by atoms with van der Waals surface area (Å²) < 4.78 is 0. The van der Waals surface area contributed by atoms with Gasteiger partial charge in [0.05, 0.1) is 11.4 Å². The molecular weight excluding hydrogens is 340 g/mol. The highest BCUT2D eigenvalue weighted by molar-refractivity contribution is 5.90. The molecule has 1 aromatic carbocycles. The lowest BCUT2D eigenvalue weighted by molar-refractivity contribution is -0.117. The molecule has 0 aliphatic heterocycles. The topological polar surface area (TPSA) is 95.6 Å². The highest BCUT2D eigenvalue weighted by Crippen LogP contribution is 2.27. The van der Waals surface area contributed by atoms with Gasteiger partial charge in [-0.1, -0.05) is 31.0 Å². The van der Waals surface area contributed by atoms with Crippen LogP contribution in [0.25, 0.3) is 0 Å². The first kappa shape index (κ1) is 18.7. The Morgan fingerprint density at radius 3 is 2.74 bits per heavy atom. The Kier molecular flexibility index (Phi) is 6.25. The number of amides is 1. The molecule has 1 aliphatic rings. The third-order valence-corrected chi connectivity index (χ3v) is 4.64. The Labute approximate surface area is 159 Å². The molecular formula is C20H26N6O. The summed E-state index contributed by atoms with van der Waals surface area (Å²) in [5, 5.41) is 4.62. The van der Waals surface area contributed by atoms with Crippen LogP contribution < -0.4 is 21.5 Å². The van der Waals surface area contributed by atoms with Crippen molar-refractivity contribution >= 4 is 29.1 Å². The fourth-order valence-electron chi connectivity index (χ4n) is 3.27. The molecule has 1 heterocycles. The molecule has 142 valence electrons. The number of carbonyl (C=O) groups is 1. The van der Waals surface area contributed by atoms with Crippen LogP contribution in [0.4, 0.5) is 17.2 Å². The molecule has 27 heavy (non-hydrogen) atoms. The normalized spacial score (nSPS) is 14.8. The number of para-hydroxylation sites is 1. The molecule has 1 saturated carbocycles. The summed E-state index contributed by atoms with van der Waals surface area (Å²) in [6.45, 7) is 0. The van der Waals surface area contributed by atoms with Crippen molar-refractivity contribution in [1.82, 2.24) is 10.4 Å². The van der Waals surface area contributed by atoms with Gasteiger partial charge >= 0.3 is 0 Å². The minimum atomic E-state index is 0.0207. The number of hydrogen-bond donors (Lipinski definition) is 3. The van der Waals surface area contributed by atoms with Gasteiger partial charge in [0, 0.05) is 25.7 Å². The smallest absolute Gasteiger partial charge is 0.225 e. The molecule has 4 N–H and O–H groups in total. The summed E-state index contributed by atoms with van der Waals surface area (Å²) >= 11 is 0. The number of hydrogen-bond acceptors (Lipinski definition) is 4. The van der Waals surface area contributed by atoms with E-state index in [9.17, 15) is 4.79 Å². The zero-order chi connectivity index (χ0) is 19.1. The number of nitrogens with one attached hydrogen (secondary N) is 2. The van der Waals surface area contributed by atoms with Gasteiger partial charge in [-0.05, 0) is 37.0 Å². The van der Waals surface area contributed by atoms with Crippen LogP contribution in [0, 0.1) is 5.92 Å². The second-order valence-corrected chi connectivity index (χ2v) is 6.81. The quantitative estimate of drug-likeness (QED) is 0.414. The summed E-state index contributed by atoms with van der Waals surface area (Å²) in [6, 6.07) is 13.1. The van der Waals surface area contributed by atoms with Crippen molar-refractivity contribution < 1.29 is 4.79 Å². The molecule has 1 amide bonds. The van der Waals surface area contributed by atoms with Crippen molar-refractivity contribution in [2.45, 2.75) is 32.1 Å². The molecule has 3 rings (SSSR count). The van der Waals surface area contributed by atoms with Crippen molar-refractivity contribution in [2.75, 3.05) is 17.4 Å². The molecule has 0 bridgehead atoms. The summed E-state index contributed by atoms with van der Waals surface area (Å²) in [5.41, 5.74) is 10.6. The van der Waals surface area contributed by atoms with Gasteiger partial charge in [0.1, 0.15) is 5.82 Å². The Morgan fingerprint density at radius 1 is 1.26 bits per heavy atom. The summed E-state index contributed by atoms with van der Waals surface area (Å²) in [5.74, 6) is 1.33. The number of aromatic nitrogens is 1. The van der Waals surface area contributed by atoms with Gasteiger partial charge in [0.25, 0.3) is 0 Å². The fraction of sp³-hybridized carbons (Fsp3) is 0.350. The van der Waals surface area contributed by atoms with E-state index in [0.717, 1.165) is 24.2 Å². The van der Waals surface area contributed by atoms with Crippen LogP contribution in [0.2, 0.25) is 0 Å². The molecule has 7 heteroatoms. The number of carbonyl (C=O) groups excluding carboxylic acids is 1. The number of rotatable bonds is 6. The Balaban J connectivity index is 1.58. The van der Waals surface area contributed by atoms with Gasteiger partial charge in [-0.2, -0.15) is 0 Å². The van der Waals surface area contributed by atoms with Crippen molar-refractivity contribution in [1.29, 1.82) is 0 Å². The average Bonchev–Trinajstić information content (AvgIpc) is 3.15. The molecule has 1 aliphatic carbocycles. The van der Waals surface area contributed by atoms with E-state index < -0.39 is 0 Å². The lowest BCUT2D eigenvalue weighted by Gasteiger charge is -2.21. The van der Waals surface area contributed by atoms with E-state index in [1.165, 1.54) is 12.8 Å². The van der Waals surface area contributed by atoms with Gasteiger partial charge in [-0.25, -0.2) is 9.98 Å². The van der Waals surface area contributed by atoms with E-state index in [-0.39, 0.29) is 11.9 Å². The highest BCUT2D eigenvalue weighted by Gasteiger charge is 2.18. The van der Waals surface area contributed by atoms with Gasteiger partial charge in [0.2, 0.25) is 11.9 Å².